The lowest BCUT2D eigenvalue weighted by molar-refractivity contribution is -0.137. The second-order valence-corrected chi connectivity index (χ2v) is 11.2. The van der Waals surface area contributed by atoms with Gasteiger partial charge in [-0.05, 0) is 54.6 Å². The van der Waals surface area contributed by atoms with Crippen LogP contribution in [0.5, 0.6) is 0 Å². The summed E-state index contributed by atoms with van der Waals surface area (Å²) < 4.78 is 18.8. The van der Waals surface area contributed by atoms with E-state index >= 15 is 0 Å². The maximum Gasteiger partial charge on any atom is 0.241 e. The number of halogens is 1. The van der Waals surface area contributed by atoms with Crippen LogP contribution in [0.2, 0.25) is 0 Å². The summed E-state index contributed by atoms with van der Waals surface area (Å²) in [5.74, 6) is 1.16. The zero-order valence-corrected chi connectivity index (χ0v) is 22.0. The van der Waals surface area contributed by atoms with Crippen LogP contribution in [-0.2, 0) is 16.8 Å². The second kappa shape index (κ2) is 10.6. The molecule has 2 fully saturated rings. The molecule has 2 saturated heterocycles. The normalized spacial score (nSPS) is 19.3. The molecule has 0 bridgehead atoms. The largest absolute Gasteiger partial charge is 0.368 e. The van der Waals surface area contributed by atoms with Gasteiger partial charge < -0.3 is 14.3 Å². The molecule has 0 spiro atoms. The van der Waals surface area contributed by atoms with E-state index in [1.165, 1.54) is 17.7 Å². The Bertz CT molecular complexity index is 1190. The van der Waals surface area contributed by atoms with E-state index in [9.17, 15) is 9.18 Å². The molecule has 8 heteroatoms. The molecule has 1 aromatic heterocycles. The lowest BCUT2D eigenvalue weighted by Gasteiger charge is -2.39. The molecule has 2 aliphatic rings. The molecule has 0 N–H and O–H groups in total. The molecule has 0 radical (unpaired) electrons. The van der Waals surface area contributed by atoms with E-state index in [0.717, 1.165) is 43.7 Å². The highest BCUT2D eigenvalue weighted by Gasteiger charge is 2.31. The van der Waals surface area contributed by atoms with Gasteiger partial charge in [-0.25, -0.2) is 4.39 Å². The fourth-order valence-corrected chi connectivity index (χ4v) is 5.24. The highest BCUT2D eigenvalue weighted by molar-refractivity contribution is 5.79. The van der Waals surface area contributed by atoms with E-state index in [4.69, 9.17) is 4.52 Å². The fourth-order valence-electron chi connectivity index (χ4n) is 5.24. The Labute approximate surface area is 218 Å². The van der Waals surface area contributed by atoms with Gasteiger partial charge in [0.05, 0.1) is 12.5 Å². The molecule has 1 unspecified atom stereocenters. The quantitative estimate of drug-likeness (QED) is 0.499. The first-order valence-electron chi connectivity index (χ1n) is 13.2. The van der Waals surface area contributed by atoms with Crippen molar-refractivity contribution in [1.29, 1.82) is 0 Å². The Balaban J connectivity index is 1.14. The van der Waals surface area contributed by atoms with E-state index in [1.54, 1.807) is 12.1 Å². The van der Waals surface area contributed by atoms with Gasteiger partial charge in [0.1, 0.15) is 5.82 Å². The van der Waals surface area contributed by atoms with Crippen molar-refractivity contribution in [1.82, 2.24) is 19.9 Å². The van der Waals surface area contributed by atoms with Gasteiger partial charge in [-0.3, -0.25) is 9.69 Å². The number of rotatable bonds is 5. The standard InChI is InChI=1S/C29H36FN5O2/c1-29(2,3)23-8-6-21(7-9-23)27-31-26(37-32-27)20-33-14-4-5-22(19-33)28(36)35-17-15-34(16-18-35)25-12-10-24(30)11-13-25/h6-13,22H,4-5,14-20H2,1-3H3. The number of benzene rings is 2. The Kier molecular flexibility index (Phi) is 7.29. The van der Waals surface area contributed by atoms with Crippen LogP contribution in [0, 0.1) is 11.7 Å². The molecule has 2 aromatic carbocycles. The van der Waals surface area contributed by atoms with E-state index in [0.29, 0.717) is 37.9 Å². The maximum atomic E-state index is 13.3. The molecule has 5 rings (SSSR count). The number of carbonyl (C=O) groups is 1. The van der Waals surface area contributed by atoms with Crippen molar-refractivity contribution in [2.45, 2.75) is 45.6 Å². The summed E-state index contributed by atoms with van der Waals surface area (Å²) >= 11 is 0. The number of amides is 1. The number of likely N-dealkylation sites (tertiary alicyclic amines) is 1. The number of nitrogens with zero attached hydrogens (tertiary/aromatic N) is 5. The summed E-state index contributed by atoms with van der Waals surface area (Å²) in [6, 6.07) is 14.9. The fraction of sp³-hybridized carbons (Fsp3) is 0.483. The summed E-state index contributed by atoms with van der Waals surface area (Å²) in [6.45, 7) is 11.6. The van der Waals surface area contributed by atoms with Crippen LogP contribution in [-0.4, -0.2) is 65.1 Å². The molecular formula is C29H36FN5O2. The van der Waals surface area contributed by atoms with Gasteiger partial charge in [-0.1, -0.05) is 50.2 Å². The van der Waals surface area contributed by atoms with Crippen molar-refractivity contribution in [2.24, 2.45) is 5.92 Å². The van der Waals surface area contributed by atoms with Crippen LogP contribution < -0.4 is 4.90 Å². The highest BCUT2D eigenvalue weighted by atomic mass is 19.1. The predicted molar refractivity (Wildman–Crippen MR) is 142 cm³/mol. The molecule has 1 amide bonds. The third kappa shape index (κ3) is 6.01. The van der Waals surface area contributed by atoms with Gasteiger partial charge in [0.2, 0.25) is 17.6 Å². The van der Waals surface area contributed by atoms with Gasteiger partial charge >= 0.3 is 0 Å². The van der Waals surface area contributed by atoms with Gasteiger partial charge in [-0.15, -0.1) is 0 Å². The van der Waals surface area contributed by atoms with Crippen molar-refractivity contribution in [3.05, 3.63) is 65.8 Å². The zero-order valence-electron chi connectivity index (χ0n) is 22.0. The average Bonchev–Trinajstić information content (AvgIpc) is 3.37. The highest BCUT2D eigenvalue weighted by Crippen LogP contribution is 2.26. The first-order chi connectivity index (χ1) is 17.8. The summed E-state index contributed by atoms with van der Waals surface area (Å²) in [5.41, 5.74) is 3.30. The molecule has 1 atom stereocenters. The Morgan fingerprint density at radius 1 is 1.00 bits per heavy atom. The summed E-state index contributed by atoms with van der Waals surface area (Å²) in [6.07, 6.45) is 1.88. The Morgan fingerprint density at radius 2 is 1.70 bits per heavy atom. The molecule has 3 aromatic rings. The number of piperazine rings is 1. The van der Waals surface area contributed by atoms with Crippen LogP contribution in [0.1, 0.15) is 45.1 Å². The molecule has 37 heavy (non-hydrogen) atoms. The van der Waals surface area contributed by atoms with Crippen molar-refractivity contribution in [2.75, 3.05) is 44.2 Å². The molecule has 0 aliphatic carbocycles. The van der Waals surface area contributed by atoms with Crippen molar-refractivity contribution in [3.63, 3.8) is 0 Å². The molecular weight excluding hydrogens is 469 g/mol. The zero-order chi connectivity index (χ0) is 26.0. The van der Waals surface area contributed by atoms with Gasteiger partial charge in [0.15, 0.2) is 0 Å². The second-order valence-electron chi connectivity index (χ2n) is 11.2. The van der Waals surface area contributed by atoms with Crippen molar-refractivity contribution >= 4 is 11.6 Å². The number of aromatic nitrogens is 2. The number of piperidine rings is 1. The van der Waals surface area contributed by atoms with E-state index in [-0.39, 0.29) is 23.1 Å². The number of anilines is 1. The number of hydrogen-bond donors (Lipinski definition) is 0. The maximum absolute atomic E-state index is 13.3. The SMILES string of the molecule is CC(C)(C)c1ccc(-c2noc(CN3CCCC(C(=O)N4CCN(c5ccc(F)cc5)CC4)C3)n2)cc1. The van der Waals surface area contributed by atoms with Crippen LogP contribution >= 0.6 is 0 Å². The topological polar surface area (TPSA) is 65.7 Å². The van der Waals surface area contributed by atoms with Gasteiger partial charge in [0.25, 0.3) is 0 Å². The first kappa shape index (κ1) is 25.4. The third-order valence-electron chi connectivity index (χ3n) is 7.47. The average molecular weight is 506 g/mol. The van der Waals surface area contributed by atoms with Crippen LogP contribution in [0.3, 0.4) is 0 Å². The summed E-state index contributed by atoms with van der Waals surface area (Å²) in [4.78, 5) is 24.4. The first-order valence-corrected chi connectivity index (χ1v) is 13.2. The lowest BCUT2D eigenvalue weighted by atomic mass is 9.87. The van der Waals surface area contributed by atoms with Gasteiger partial charge in [0, 0.05) is 44.0 Å². The minimum absolute atomic E-state index is 0.0153. The summed E-state index contributed by atoms with van der Waals surface area (Å²) in [7, 11) is 0. The molecule has 0 saturated carbocycles. The molecule has 7 nitrogen and oxygen atoms in total. The number of hydrogen-bond acceptors (Lipinski definition) is 6. The van der Waals surface area contributed by atoms with E-state index < -0.39 is 0 Å². The number of carbonyl (C=O) groups excluding carboxylic acids is 1. The Morgan fingerprint density at radius 3 is 2.38 bits per heavy atom. The van der Waals surface area contributed by atoms with E-state index in [2.05, 4.69) is 52.8 Å². The molecule has 3 heterocycles. The van der Waals surface area contributed by atoms with Crippen molar-refractivity contribution < 1.29 is 13.7 Å². The third-order valence-corrected chi connectivity index (χ3v) is 7.47. The lowest BCUT2D eigenvalue weighted by Crippen LogP contribution is -2.52. The minimum atomic E-state index is -0.231. The Hall–Kier alpha value is -3.26. The predicted octanol–water partition coefficient (Wildman–Crippen LogP) is 4.73. The molecule has 196 valence electrons. The van der Waals surface area contributed by atoms with Crippen LogP contribution in [0.25, 0.3) is 11.4 Å². The smallest absolute Gasteiger partial charge is 0.241 e. The van der Waals surface area contributed by atoms with Crippen LogP contribution in [0.15, 0.2) is 53.1 Å². The van der Waals surface area contributed by atoms with Crippen LogP contribution in [0.4, 0.5) is 10.1 Å². The monoisotopic (exact) mass is 505 g/mol. The summed E-state index contributed by atoms with van der Waals surface area (Å²) in [5, 5.41) is 4.19. The van der Waals surface area contributed by atoms with Gasteiger partial charge in [-0.2, -0.15) is 4.98 Å². The minimum Gasteiger partial charge on any atom is -0.368 e. The molecule has 2 aliphatic heterocycles. The van der Waals surface area contributed by atoms with E-state index in [1.807, 2.05) is 17.0 Å². The van der Waals surface area contributed by atoms with Crippen molar-refractivity contribution in [3.8, 4) is 11.4 Å².